The Morgan fingerprint density at radius 3 is 2.59 bits per heavy atom. The van der Waals surface area contributed by atoms with Gasteiger partial charge in [-0.1, -0.05) is 25.3 Å². The largest absolute Gasteiger partial charge is 0.493 e. The normalized spacial score (nSPS) is 16.9. The number of para-hydroxylation sites is 1. The van der Waals surface area contributed by atoms with E-state index in [1.165, 1.54) is 26.4 Å². The smallest absolute Gasteiger partial charge is 0.255 e. The maximum atomic E-state index is 12.6. The highest BCUT2D eigenvalue weighted by Gasteiger charge is 2.26. The minimum atomic E-state index is -0.156. The summed E-state index contributed by atoms with van der Waals surface area (Å²) in [6, 6.07) is 5.32. The Bertz CT molecular complexity index is 499. The zero-order chi connectivity index (χ0) is 15.9. The zero-order valence-corrected chi connectivity index (χ0v) is 13.4. The molecule has 5 nitrogen and oxygen atoms in total. The van der Waals surface area contributed by atoms with Gasteiger partial charge in [-0.25, -0.2) is 0 Å². The molecule has 2 rings (SSSR count). The summed E-state index contributed by atoms with van der Waals surface area (Å²) in [4.78, 5) is 12.6. The molecule has 1 aliphatic rings. The number of nitrogens with two attached hydrogens (primary N) is 1. The third kappa shape index (κ3) is 3.71. The first-order valence-corrected chi connectivity index (χ1v) is 7.93. The number of hydrogen-bond acceptors (Lipinski definition) is 4. The van der Waals surface area contributed by atoms with E-state index in [0.29, 0.717) is 29.5 Å². The highest BCUT2D eigenvalue weighted by Crippen LogP contribution is 2.31. The molecule has 5 heteroatoms. The molecule has 1 amide bonds. The molecule has 1 atom stereocenters. The van der Waals surface area contributed by atoms with Crippen molar-refractivity contribution in [3.05, 3.63) is 23.8 Å². The second kappa shape index (κ2) is 8.03. The van der Waals surface area contributed by atoms with Crippen LogP contribution in [0.2, 0.25) is 0 Å². The summed E-state index contributed by atoms with van der Waals surface area (Å²) in [6.45, 7) is 0.461. The average Bonchev–Trinajstić information content (AvgIpc) is 2.59. The second-order valence-electron chi connectivity index (χ2n) is 5.75. The van der Waals surface area contributed by atoms with Crippen LogP contribution in [-0.4, -0.2) is 32.7 Å². The average molecular weight is 306 g/mol. The number of ether oxygens (including phenoxy) is 2. The standard InChI is InChI=1S/C17H26N2O3/c1-21-15-10-6-9-13(16(15)22-2)17(20)19-14(11-18)12-7-4-3-5-8-12/h6,9-10,12,14H,3-5,7-8,11,18H2,1-2H3,(H,19,20). The van der Waals surface area contributed by atoms with Gasteiger partial charge in [-0.2, -0.15) is 0 Å². The van der Waals surface area contributed by atoms with E-state index in [1.807, 2.05) is 0 Å². The van der Waals surface area contributed by atoms with E-state index in [2.05, 4.69) is 5.32 Å². The molecule has 1 aromatic rings. The van der Waals surface area contributed by atoms with Crippen LogP contribution >= 0.6 is 0 Å². The molecular weight excluding hydrogens is 280 g/mol. The number of methoxy groups -OCH3 is 2. The summed E-state index contributed by atoms with van der Waals surface area (Å²) in [7, 11) is 3.10. The van der Waals surface area contributed by atoms with Gasteiger partial charge < -0.3 is 20.5 Å². The topological polar surface area (TPSA) is 73.6 Å². The Balaban J connectivity index is 2.13. The summed E-state index contributed by atoms with van der Waals surface area (Å²) in [6.07, 6.45) is 6.00. The lowest BCUT2D eigenvalue weighted by atomic mass is 9.84. The van der Waals surface area contributed by atoms with Crippen molar-refractivity contribution in [3.8, 4) is 11.5 Å². The number of benzene rings is 1. The number of amides is 1. The highest BCUT2D eigenvalue weighted by atomic mass is 16.5. The van der Waals surface area contributed by atoms with Crippen molar-refractivity contribution in [2.75, 3.05) is 20.8 Å². The van der Waals surface area contributed by atoms with Gasteiger partial charge in [0.1, 0.15) is 0 Å². The van der Waals surface area contributed by atoms with Crippen LogP contribution in [-0.2, 0) is 0 Å². The van der Waals surface area contributed by atoms with E-state index in [0.717, 1.165) is 12.8 Å². The van der Waals surface area contributed by atoms with E-state index in [-0.39, 0.29) is 11.9 Å². The Labute approximate surface area is 132 Å². The summed E-state index contributed by atoms with van der Waals surface area (Å²) < 4.78 is 10.6. The molecular formula is C17H26N2O3. The molecule has 0 aromatic heterocycles. The molecule has 0 aliphatic heterocycles. The number of carbonyl (C=O) groups excluding carboxylic acids is 1. The molecule has 1 saturated carbocycles. The van der Waals surface area contributed by atoms with E-state index in [1.54, 1.807) is 25.3 Å². The predicted octanol–water partition coefficient (Wildman–Crippen LogP) is 2.34. The van der Waals surface area contributed by atoms with Crippen LogP contribution in [0.4, 0.5) is 0 Å². The maximum Gasteiger partial charge on any atom is 0.255 e. The number of nitrogens with one attached hydrogen (secondary N) is 1. The molecule has 0 radical (unpaired) electrons. The molecule has 1 unspecified atom stereocenters. The lowest BCUT2D eigenvalue weighted by Crippen LogP contribution is -2.46. The van der Waals surface area contributed by atoms with Crippen LogP contribution in [0.15, 0.2) is 18.2 Å². The van der Waals surface area contributed by atoms with Gasteiger partial charge in [0, 0.05) is 12.6 Å². The van der Waals surface area contributed by atoms with E-state index in [4.69, 9.17) is 15.2 Å². The molecule has 0 bridgehead atoms. The number of hydrogen-bond donors (Lipinski definition) is 2. The minimum Gasteiger partial charge on any atom is -0.493 e. The van der Waals surface area contributed by atoms with Gasteiger partial charge in [-0.05, 0) is 30.9 Å². The lowest BCUT2D eigenvalue weighted by molar-refractivity contribution is 0.0912. The molecule has 1 aliphatic carbocycles. The van der Waals surface area contributed by atoms with E-state index < -0.39 is 0 Å². The van der Waals surface area contributed by atoms with Crippen molar-refractivity contribution < 1.29 is 14.3 Å². The van der Waals surface area contributed by atoms with Crippen molar-refractivity contribution in [1.82, 2.24) is 5.32 Å². The third-order valence-electron chi connectivity index (χ3n) is 4.44. The molecule has 0 spiro atoms. The quantitative estimate of drug-likeness (QED) is 0.846. The van der Waals surface area contributed by atoms with Crippen LogP contribution in [0.25, 0.3) is 0 Å². The Hall–Kier alpha value is -1.75. The zero-order valence-electron chi connectivity index (χ0n) is 13.4. The van der Waals surface area contributed by atoms with Gasteiger partial charge in [0.2, 0.25) is 0 Å². The summed E-state index contributed by atoms with van der Waals surface area (Å²) in [5.74, 6) is 1.33. The van der Waals surface area contributed by atoms with Crippen LogP contribution in [0.5, 0.6) is 11.5 Å². The van der Waals surface area contributed by atoms with Gasteiger partial charge >= 0.3 is 0 Å². The van der Waals surface area contributed by atoms with Gasteiger partial charge in [0.25, 0.3) is 5.91 Å². The molecule has 1 fully saturated rings. The van der Waals surface area contributed by atoms with Crippen molar-refractivity contribution in [3.63, 3.8) is 0 Å². The van der Waals surface area contributed by atoms with Crippen LogP contribution in [0.3, 0.4) is 0 Å². The SMILES string of the molecule is COc1cccc(C(=O)NC(CN)C2CCCCC2)c1OC. The fourth-order valence-electron chi connectivity index (χ4n) is 3.22. The monoisotopic (exact) mass is 306 g/mol. The second-order valence-corrected chi connectivity index (χ2v) is 5.75. The highest BCUT2D eigenvalue weighted by molar-refractivity contribution is 5.98. The van der Waals surface area contributed by atoms with E-state index >= 15 is 0 Å². The molecule has 0 heterocycles. The molecule has 122 valence electrons. The van der Waals surface area contributed by atoms with Crippen LogP contribution in [0.1, 0.15) is 42.5 Å². The fraction of sp³-hybridized carbons (Fsp3) is 0.588. The van der Waals surface area contributed by atoms with Gasteiger partial charge in [-0.15, -0.1) is 0 Å². The molecule has 0 saturated heterocycles. The third-order valence-corrected chi connectivity index (χ3v) is 4.44. The Morgan fingerprint density at radius 1 is 1.27 bits per heavy atom. The Kier molecular flexibility index (Phi) is 6.07. The van der Waals surface area contributed by atoms with Crippen molar-refractivity contribution in [1.29, 1.82) is 0 Å². The first-order valence-electron chi connectivity index (χ1n) is 7.93. The van der Waals surface area contributed by atoms with Crippen LogP contribution in [0, 0.1) is 5.92 Å². The Morgan fingerprint density at radius 2 is 2.00 bits per heavy atom. The fourth-order valence-corrected chi connectivity index (χ4v) is 3.22. The van der Waals surface area contributed by atoms with Crippen molar-refractivity contribution in [2.24, 2.45) is 11.7 Å². The predicted molar refractivity (Wildman–Crippen MR) is 86.4 cm³/mol. The number of rotatable bonds is 6. The number of carbonyl (C=O) groups is 1. The van der Waals surface area contributed by atoms with E-state index in [9.17, 15) is 4.79 Å². The summed E-state index contributed by atoms with van der Waals surface area (Å²) >= 11 is 0. The summed E-state index contributed by atoms with van der Waals surface area (Å²) in [5.41, 5.74) is 6.37. The first kappa shape index (κ1) is 16.6. The minimum absolute atomic E-state index is 0.0173. The molecule has 1 aromatic carbocycles. The van der Waals surface area contributed by atoms with Gasteiger partial charge in [0.05, 0.1) is 19.8 Å². The first-order chi connectivity index (χ1) is 10.7. The maximum absolute atomic E-state index is 12.6. The van der Waals surface area contributed by atoms with Crippen molar-refractivity contribution >= 4 is 5.91 Å². The molecule has 22 heavy (non-hydrogen) atoms. The lowest BCUT2D eigenvalue weighted by Gasteiger charge is -2.30. The van der Waals surface area contributed by atoms with Crippen LogP contribution < -0.4 is 20.5 Å². The van der Waals surface area contributed by atoms with Crippen molar-refractivity contribution in [2.45, 2.75) is 38.1 Å². The van der Waals surface area contributed by atoms with Gasteiger partial charge in [-0.3, -0.25) is 4.79 Å². The van der Waals surface area contributed by atoms with Gasteiger partial charge in [0.15, 0.2) is 11.5 Å². The summed E-state index contributed by atoms with van der Waals surface area (Å²) in [5, 5.41) is 3.08. The molecule has 3 N–H and O–H groups in total.